The van der Waals surface area contributed by atoms with Gasteiger partial charge in [-0.15, -0.1) is 0 Å². The highest BCUT2D eigenvalue weighted by molar-refractivity contribution is 7.16. The van der Waals surface area contributed by atoms with E-state index in [-0.39, 0.29) is 5.76 Å². The van der Waals surface area contributed by atoms with Gasteiger partial charge >= 0.3 is 5.91 Å². The molecule has 0 aliphatic rings. The standard InChI is InChI=1S/C21H20N2O4S/c1-4-25-14-9-10-15-18(12-14)28-21(23(15)3)22-20(24)17-11-13-7-6-8-16(26-5-2)19(13)27-17/h6-12H,4-5H2,1-3H3. The molecule has 4 aromatic rings. The van der Waals surface area contributed by atoms with E-state index in [0.717, 1.165) is 21.4 Å². The number of rotatable bonds is 5. The van der Waals surface area contributed by atoms with E-state index in [1.807, 2.05) is 61.9 Å². The van der Waals surface area contributed by atoms with Gasteiger partial charge < -0.3 is 18.5 Å². The Morgan fingerprint density at radius 2 is 1.96 bits per heavy atom. The number of ether oxygens (including phenoxy) is 2. The Balaban J connectivity index is 1.74. The van der Waals surface area contributed by atoms with E-state index in [1.54, 1.807) is 6.07 Å². The van der Waals surface area contributed by atoms with Crippen LogP contribution >= 0.6 is 11.3 Å². The first-order valence-electron chi connectivity index (χ1n) is 9.07. The van der Waals surface area contributed by atoms with Crippen LogP contribution in [-0.4, -0.2) is 23.7 Å². The molecule has 0 aliphatic heterocycles. The van der Waals surface area contributed by atoms with Crippen LogP contribution in [0.3, 0.4) is 0 Å². The Hall–Kier alpha value is -3.06. The molecule has 0 spiro atoms. The van der Waals surface area contributed by atoms with Crippen LogP contribution in [0.4, 0.5) is 0 Å². The molecule has 1 amide bonds. The number of thiazole rings is 1. The number of hydrogen-bond acceptors (Lipinski definition) is 5. The van der Waals surface area contributed by atoms with Crippen molar-refractivity contribution >= 4 is 38.4 Å². The number of nitrogens with zero attached hydrogens (tertiary/aromatic N) is 2. The number of aryl methyl sites for hydroxylation is 1. The van der Waals surface area contributed by atoms with E-state index in [4.69, 9.17) is 13.9 Å². The summed E-state index contributed by atoms with van der Waals surface area (Å²) in [6.45, 7) is 4.98. The average molecular weight is 396 g/mol. The number of furan rings is 1. The fourth-order valence-electron chi connectivity index (χ4n) is 3.03. The Morgan fingerprint density at radius 1 is 1.14 bits per heavy atom. The molecule has 0 saturated heterocycles. The zero-order valence-corrected chi connectivity index (χ0v) is 16.7. The third-order valence-electron chi connectivity index (χ3n) is 4.31. The Morgan fingerprint density at radius 3 is 2.75 bits per heavy atom. The molecule has 0 atom stereocenters. The van der Waals surface area contributed by atoms with Gasteiger partial charge in [0.15, 0.2) is 21.9 Å². The van der Waals surface area contributed by atoms with E-state index in [9.17, 15) is 4.79 Å². The Bertz CT molecular complexity index is 1230. The van der Waals surface area contributed by atoms with Crippen molar-refractivity contribution in [1.29, 1.82) is 0 Å². The highest BCUT2D eigenvalue weighted by atomic mass is 32.1. The monoisotopic (exact) mass is 396 g/mol. The summed E-state index contributed by atoms with van der Waals surface area (Å²) in [6.07, 6.45) is 0. The molecule has 2 aromatic heterocycles. The van der Waals surface area contributed by atoms with Crippen molar-refractivity contribution in [1.82, 2.24) is 4.57 Å². The molecule has 0 aliphatic carbocycles. The molecule has 0 radical (unpaired) electrons. The van der Waals surface area contributed by atoms with E-state index in [2.05, 4.69) is 4.99 Å². The second kappa shape index (κ2) is 7.52. The summed E-state index contributed by atoms with van der Waals surface area (Å²) < 4.78 is 19.8. The molecule has 0 saturated carbocycles. The van der Waals surface area contributed by atoms with Gasteiger partial charge in [0.1, 0.15) is 5.75 Å². The van der Waals surface area contributed by atoms with E-state index in [1.165, 1.54) is 11.3 Å². The van der Waals surface area contributed by atoms with Crippen LogP contribution < -0.4 is 14.3 Å². The van der Waals surface area contributed by atoms with E-state index >= 15 is 0 Å². The fraction of sp³-hybridized carbons (Fsp3) is 0.238. The largest absolute Gasteiger partial charge is 0.494 e. The smallest absolute Gasteiger partial charge is 0.315 e. The number of fused-ring (bicyclic) bond motifs is 2. The van der Waals surface area contributed by atoms with Crippen molar-refractivity contribution in [2.24, 2.45) is 12.0 Å². The van der Waals surface area contributed by atoms with Gasteiger partial charge in [-0.3, -0.25) is 4.79 Å². The second-order valence-corrected chi connectivity index (χ2v) is 7.15. The summed E-state index contributed by atoms with van der Waals surface area (Å²) in [5, 5.41) is 0.812. The number of amides is 1. The minimum absolute atomic E-state index is 0.189. The maximum absolute atomic E-state index is 12.7. The average Bonchev–Trinajstić information content (AvgIpc) is 3.25. The van der Waals surface area contributed by atoms with Gasteiger partial charge in [-0.2, -0.15) is 4.99 Å². The first kappa shape index (κ1) is 18.3. The highest BCUT2D eigenvalue weighted by Gasteiger charge is 2.15. The molecule has 0 N–H and O–H groups in total. The molecule has 2 heterocycles. The van der Waals surface area contributed by atoms with Crippen molar-refractivity contribution in [3.8, 4) is 11.5 Å². The predicted molar refractivity (Wildman–Crippen MR) is 109 cm³/mol. The lowest BCUT2D eigenvalue weighted by molar-refractivity contribution is 0.0973. The lowest BCUT2D eigenvalue weighted by atomic mass is 10.2. The first-order valence-corrected chi connectivity index (χ1v) is 9.89. The van der Waals surface area contributed by atoms with Crippen LogP contribution in [0.25, 0.3) is 21.2 Å². The molecule has 28 heavy (non-hydrogen) atoms. The molecule has 144 valence electrons. The Labute approximate surface area is 165 Å². The van der Waals surface area contributed by atoms with Crippen molar-refractivity contribution in [3.05, 3.63) is 53.0 Å². The summed E-state index contributed by atoms with van der Waals surface area (Å²) in [5.74, 6) is 1.19. The molecule has 2 aromatic carbocycles. The van der Waals surface area contributed by atoms with E-state index < -0.39 is 5.91 Å². The van der Waals surface area contributed by atoms with E-state index in [0.29, 0.717) is 29.3 Å². The quantitative estimate of drug-likeness (QED) is 0.497. The van der Waals surface area contributed by atoms with Gasteiger partial charge in [-0.05, 0) is 44.2 Å². The Kier molecular flexibility index (Phi) is 4.92. The van der Waals surface area contributed by atoms with Gasteiger partial charge in [0.25, 0.3) is 0 Å². The molecule has 4 rings (SSSR count). The van der Waals surface area contributed by atoms with Crippen LogP contribution in [0.5, 0.6) is 11.5 Å². The van der Waals surface area contributed by atoms with Gasteiger partial charge in [-0.1, -0.05) is 23.5 Å². The van der Waals surface area contributed by atoms with Crippen molar-refractivity contribution in [2.75, 3.05) is 13.2 Å². The van der Waals surface area contributed by atoms with Crippen LogP contribution in [0.1, 0.15) is 24.4 Å². The molecule has 0 unspecified atom stereocenters. The summed E-state index contributed by atoms with van der Waals surface area (Å²) in [7, 11) is 1.89. The third-order valence-corrected chi connectivity index (χ3v) is 5.40. The zero-order chi connectivity index (χ0) is 19.7. The number of carbonyl (C=O) groups is 1. The molecule has 0 fully saturated rings. The summed E-state index contributed by atoms with van der Waals surface area (Å²) in [5.41, 5.74) is 1.55. The number of hydrogen-bond donors (Lipinski definition) is 0. The summed E-state index contributed by atoms with van der Waals surface area (Å²) in [6, 6.07) is 13.1. The van der Waals surface area contributed by atoms with Crippen LogP contribution in [0.15, 0.2) is 51.9 Å². The zero-order valence-electron chi connectivity index (χ0n) is 15.9. The van der Waals surface area contributed by atoms with Gasteiger partial charge in [0, 0.05) is 12.4 Å². The lowest BCUT2D eigenvalue weighted by Gasteiger charge is -2.02. The summed E-state index contributed by atoms with van der Waals surface area (Å²) >= 11 is 1.43. The minimum atomic E-state index is -0.425. The predicted octanol–water partition coefficient (Wildman–Crippen LogP) is 4.52. The third kappa shape index (κ3) is 3.29. The van der Waals surface area contributed by atoms with Crippen molar-refractivity contribution < 1.29 is 18.7 Å². The molecule has 6 nitrogen and oxygen atoms in total. The van der Waals surface area contributed by atoms with Crippen LogP contribution in [0, 0.1) is 0 Å². The highest BCUT2D eigenvalue weighted by Crippen LogP contribution is 2.29. The van der Waals surface area contributed by atoms with Crippen LogP contribution in [0.2, 0.25) is 0 Å². The summed E-state index contributed by atoms with van der Waals surface area (Å²) in [4.78, 5) is 17.6. The first-order chi connectivity index (χ1) is 13.6. The number of aromatic nitrogens is 1. The number of benzene rings is 2. The number of para-hydroxylation sites is 1. The van der Waals surface area contributed by atoms with Gasteiger partial charge in [-0.25, -0.2) is 0 Å². The van der Waals surface area contributed by atoms with Crippen molar-refractivity contribution in [3.63, 3.8) is 0 Å². The molecule has 7 heteroatoms. The van der Waals surface area contributed by atoms with Crippen molar-refractivity contribution in [2.45, 2.75) is 13.8 Å². The van der Waals surface area contributed by atoms with Gasteiger partial charge in [0.2, 0.25) is 0 Å². The normalized spacial score (nSPS) is 12.0. The topological polar surface area (TPSA) is 66.0 Å². The second-order valence-electron chi connectivity index (χ2n) is 6.14. The molecule has 0 bridgehead atoms. The lowest BCUT2D eigenvalue weighted by Crippen LogP contribution is -2.12. The fourth-order valence-corrected chi connectivity index (χ4v) is 4.08. The number of carbonyl (C=O) groups excluding carboxylic acids is 1. The molecular formula is C21H20N2O4S. The molecular weight excluding hydrogens is 376 g/mol. The minimum Gasteiger partial charge on any atom is -0.494 e. The maximum atomic E-state index is 12.7. The maximum Gasteiger partial charge on any atom is 0.315 e. The van der Waals surface area contributed by atoms with Gasteiger partial charge in [0.05, 0.1) is 23.4 Å². The van der Waals surface area contributed by atoms with Crippen LogP contribution in [-0.2, 0) is 7.05 Å². The SMILES string of the molecule is CCOc1ccc2c(c1)sc(=NC(=O)c1cc3cccc(OCC)c3o1)n2C.